The van der Waals surface area contributed by atoms with Crippen LogP contribution in [0.3, 0.4) is 0 Å². The van der Waals surface area contributed by atoms with Crippen LogP contribution in [0.1, 0.15) is 26.7 Å². The number of rotatable bonds is 6. The maximum Gasteiger partial charge on any atom is 0.319 e. The topological polar surface area (TPSA) is 80.8 Å². The van der Waals surface area contributed by atoms with Gasteiger partial charge in [-0.15, -0.1) is 0 Å². The van der Waals surface area contributed by atoms with Crippen LogP contribution in [0.4, 0.5) is 0 Å². The second-order valence-corrected chi connectivity index (χ2v) is 5.12. The molecule has 0 bridgehead atoms. The number of imidazole rings is 1. The molecular weight excluding hydrogens is 264 g/mol. The number of nitrogens with zero attached hydrogens (tertiary/aromatic N) is 3. The fourth-order valence-corrected chi connectivity index (χ4v) is 2.85. The Kier molecular flexibility index (Phi) is 4.73. The van der Waals surface area contributed by atoms with E-state index in [0.717, 1.165) is 23.4 Å². The summed E-state index contributed by atoms with van der Waals surface area (Å²) in [4.78, 5) is 27.2. The Morgan fingerprint density at radius 3 is 3.00 bits per heavy atom. The normalized spacial score (nSPS) is 12.5. The van der Waals surface area contributed by atoms with Crippen LogP contribution in [0.2, 0.25) is 0 Å². The number of aromatic amines is 1. The summed E-state index contributed by atoms with van der Waals surface area (Å²) < 4.78 is 5.09. The number of nitrogens with one attached hydrogen (secondary N) is 1. The van der Waals surface area contributed by atoms with E-state index in [1.807, 2.05) is 13.8 Å². The van der Waals surface area contributed by atoms with Crippen molar-refractivity contribution in [2.45, 2.75) is 37.0 Å². The fraction of sp³-hybridized carbons (Fsp3) is 0.500. The molecule has 0 saturated heterocycles. The number of esters is 1. The summed E-state index contributed by atoms with van der Waals surface area (Å²) in [6, 6.07) is 0. The van der Waals surface area contributed by atoms with E-state index in [2.05, 4.69) is 19.9 Å². The summed E-state index contributed by atoms with van der Waals surface area (Å²) in [6.45, 7) is 4.24. The Labute approximate surface area is 115 Å². The summed E-state index contributed by atoms with van der Waals surface area (Å²) in [5.74, 6) is -0.194. The molecule has 0 spiro atoms. The van der Waals surface area contributed by atoms with E-state index in [1.165, 1.54) is 18.1 Å². The molecule has 0 aliphatic carbocycles. The van der Waals surface area contributed by atoms with Crippen molar-refractivity contribution < 1.29 is 9.53 Å². The monoisotopic (exact) mass is 280 g/mol. The van der Waals surface area contributed by atoms with Crippen molar-refractivity contribution in [3.63, 3.8) is 0 Å². The SMILES string of the molecule is CCC[C@H](Sc1ncnc2nc[nH]c12)C(=O)OCC. The molecule has 0 aliphatic rings. The van der Waals surface area contributed by atoms with Gasteiger partial charge in [-0.1, -0.05) is 25.1 Å². The molecule has 2 heterocycles. The Balaban J connectivity index is 2.20. The van der Waals surface area contributed by atoms with Crippen molar-refractivity contribution >= 4 is 28.9 Å². The minimum absolute atomic E-state index is 0.194. The van der Waals surface area contributed by atoms with Gasteiger partial charge >= 0.3 is 5.97 Å². The van der Waals surface area contributed by atoms with Gasteiger partial charge in [0.15, 0.2) is 5.65 Å². The van der Waals surface area contributed by atoms with Crippen LogP contribution < -0.4 is 0 Å². The number of aromatic nitrogens is 4. The number of thioether (sulfide) groups is 1. The first-order valence-corrected chi connectivity index (χ1v) is 7.11. The summed E-state index contributed by atoms with van der Waals surface area (Å²) in [7, 11) is 0. The predicted octanol–water partition coefficient (Wildman–Crippen LogP) is 2.18. The van der Waals surface area contributed by atoms with Crippen LogP contribution in [0.5, 0.6) is 0 Å². The van der Waals surface area contributed by atoms with Crippen molar-refractivity contribution in [1.29, 1.82) is 0 Å². The average molecular weight is 280 g/mol. The van der Waals surface area contributed by atoms with E-state index in [9.17, 15) is 4.79 Å². The molecular formula is C12H16N4O2S. The van der Waals surface area contributed by atoms with E-state index in [1.54, 1.807) is 6.33 Å². The first-order valence-electron chi connectivity index (χ1n) is 6.23. The maximum absolute atomic E-state index is 11.9. The van der Waals surface area contributed by atoms with Gasteiger partial charge in [0.1, 0.15) is 22.1 Å². The molecule has 6 nitrogen and oxygen atoms in total. The number of H-pyrrole nitrogens is 1. The lowest BCUT2D eigenvalue weighted by Gasteiger charge is -2.13. The van der Waals surface area contributed by atoms with Crippen LogP contribution in [-0.4, -0.2) is 37.8 Å². The van der Waals surface area contributed by atoms with Crippen molar-refractivity contribution in [3.05, 3.63) is 12.7 Å². The third-order valence-electron chi connectivity index (χ3n) is 2.54. The number of ether oxygens (including phenoxy) is 1. The molecule has 19 heavy (non-hydrogen) atoms. The molecule has 0 aromatic carbocycles. The van der Waals surface area contributed by atoms with Crippen LogP contribution >= 0.6 is 11.8 Å². The molecule has 7 heteroatoms. The first kappa shape index (κ1) is 13.8. The van der Waals surface area contributed by atoms with Gasteiger partial charge in [0.2, 0.25) is 0 Å². The number of fused-ring (bicyclic) bond motifs is 1. The Morgan fingerprint density at radius 1 is 1.42 bits per heavy atom. The minimum atomic E-state index is -0.244. The third-order valence-corrected chi connectivity index (χ3v) is 3.79. The predicted molar refractivity (Wildman–Crippen MR) is 72.9 cm³/mol. The van der Waals surface area contributed by atoms with Gasteiger partial charge in [0, 0.05) is 0 Å². The highest BCUT2D eigenvalue weighted by atomic mass is 32.2. The van der Waals surface area contributed by atoms with E-state index >= 15 is 0 Å². The Hall–Kier alpha value is -1.63. The quantitative estimate of drug-likeness (QED) is 0.496. The minimum Gasteiger partial charge on any atom is -0.465 e. The number of carbonyl (C=O) groups excluding carboxylic acids is 1. The van der Waals surface area contributed by atoms with Crippen LogP contribution in [-0.2, 0) is 9.53 Å². The molecule has 0 unspecified atom stereocenters. The zero-order valence-corrected chi connectivity index (χ0v) is 11.7. The van der Waals surface area contributed by atoms with E-state index in [-0.39, 0.29) is 11.2 Å². The van der Waals surface area contributed by atoms with Gasteiger partial charge in [-0.2, -0.15) is 0 Å². The number of hydrogen-bond donors (Lipinski definition) is 1. The lowest BCUT2D eigenvalue weighted by Crippen LogP contribution is -2.20. The first-order chi connectivity index (χ1) is 9.26. The largest absolute Gasteiger partial charge is 0.465 e. The van der Waals surface area contributed by atoms with Gasteiger partial charge in [0.05, 0.1) is 12.9 Å². The Bertz CT molecular complexity index is 557. The molecule has 0 radical (unpaired) electrons. The standard InChI is InChI=1S/C12H16N4O2S/c1-3-5-8(12(17)18-4-2)19-11-9-10(14-6-13-9)15-7-16-11/h6-8H,3-5H2,1-2H3,(H,13,14,15,16)/t8-/m0/s1. The summed E-state index contributed by atoms with van der Waals surface area (Å²) in [5.41, 5.74) is 1.37. The molecule has 0 fully saturated rings. The van der Waals surface area contributed by atoms with Crippen LogP contribution in [0.25, 0.3) is 11.2 Å². The molecule has 1 atom stereocenters. The molecule has 0 amide bonds. The van der Waals surface area contributed by atoms with E-state index in [0.29, 0.717) is 12.3 Å². The lowest BCUT2D eigenvalue weighted by molar-refractivity contribution is -0.142. The van der Waals surface area contributed by atoms with Crippen molar-refractivity contribution in [2.75, 3.05) is 6.61 Å². The lowest BCUT2D eigenvalue weighted by atomic mass is 10.2. The van der Waals surface area contributed by atoms with Gasteiger partial charge in [-0.25, -0.2) is 15.0 Å². The molecule has 1 N–H and O–H groups in total. The smallest absolute Gasteiger partial charge is 0.319 e. The summed E-state index contributed by atoms with van der Waals surface area (Å²) in [5, 5.41) is 0.486. The molecule has 2 aromatic heterocycles. The summed E-state index contributed by atoms with van der Waals surface area (Å²) in [6.07, 6.45) is 4.69. The van der Waals surface area contributed by atoms with Gasteiger partial charge < -0.3 is 9.72 Å². The highest BCUT2D eigenvalue weighted by Gasteiger charge is 2.22. The Morgan fingerprint density at radius 2 is 2.26 bits per heavy atom. The average Bonchev–Trinajstić information content (AvgIpc) is 2.87. The highest BCUT2D eigenvalue weighted by molar-refractivity contribution is 8.00. The highest BCUT2D eigenvalue weighted by Crippen LogP contribution is 2.29. The number of carbonyl (C=O) groups is 1. The molecule has 2 aromatic rings. The summed E-state index contributed by atoms with van der Waals surface area (Å²) >= 11 is 1.40. The molecule has 2 rings (SSSR count). The molecule has 0 aliphatic heterocycles. The third kappa shape index (κ3) is 3.23. The zero-order valence-electron chi connectivity index (χ0n) is 10.9. The van der Waals surface area contributed by atoms with Crippen molar-refractivity contribution in [1.82, 2.24) is 19.9 Å². The van der Waals surface area contributed by atoms with Gasteiger partial charge in [-0.3, -0.25) is 4.79 Å². The van der Waals surface area contributed by atoms with E-state index in [4.69, 9.17) is 4.74 Å². The van der Waals surface area contributed by atoms with Crippen LogP contribution in [0.15, 0.2) is 17.7 Å². The second kappa shape index (κ2) is 6.51. The van der Waals surface area contributed by atoms with Crippen molar-refractivity contribution in [2.24, 2.45) is 0 Å². The van der Waals surface area contributed by atoms with Crippen LogP contribution in [0, 0.1) is 0 Å². The van der Waals surface area contributed by atoms with Crippen molar-refractivity contribution in [3.8, 4) is 0 Å². The van der Waals surface area contributed by atoms with E-state index < -0.39 is 0 Å². The zero-order chi connectivity index (χ0) is 13.7. The maximum atomic E-state index is 11.9. The fourth-order valence-electron chi connectivity index (χ4n) is 1.69. The second-order valence-electron chi connectivity index (χ2n) is 3.93. The molecule has 102 valence electrons. The number of hydrogen-bond acceptors (Lipinski definition) is 6. The van der Waals surface area contributed by atoms with Gasteiger partial charge in [-0.05, 0) is 13.3 Å². The van der Waals surface area contributed by atoms with Gasteiger partial charge in [0.25, 0.3) is 0 Å². The molecule has 0 saturated carbocycles.